The summed E-state index contributed by atoms with van der Waals surface area (Å²) in [4.78, 5) is 0. The monoisotopic (exact) mass is 282 g/mol. The fourth-order valence-corrected chi connectivity index (χ4v) is 2.33. The number of aryl methyl sites for hydroxylation is 1. The predicted molar refractivity (Wildman–Crippen MR) is 72.8 cm³/mol. The van der Waals surface area contributed by atoms with Crippen LogP contribution in [0.5, 0.6) is 0 Å². The first-order valence-corrected chi connectivity index (χ1v) is 6.46. The van der Waals surface area contributed by atoms with Crippen LogP contribution in [0, 0.1) is 12.7 Å². The minimum absolute atomic E-state index is 0.0619. The second-order valence-corrected chi connectivity index (χ2v) is 5.29. The lowest BCUT2D eigenvalue weighted by molar-refractivity contribution is 0.204. The summed E-state index contributed by atoms with van der Waals surface area (Å²) in [5, 5.41) is 14.9. The molecule has 0 saturated heterocycles. The molecule has 2 rings (SSSR count). The molecule has 1 N–H and O–H groups in total. The van der Waals surface area contributed by atoms with Crippen LogP contribution in [0.25, 0.3) is 0 Å². The maximum Gasteiger partial charge on any atom is 0.123 e. The minimum Gasteiger partial charge on any atom is -0.382 e. The number of aliphatic hydroxyl groups is 1. The number of aromatic nitrogens is 2. The highest BCUT2D eigenvalue weighted by atomic mass is 35.5. The SMILES string of the molecule is Cc1cc(F)cc(C(O)c2c(Cl)cnn2C(C)C)c1. The van der Waals surface area contributed by atoms with Gasteiger partial charge in [-0.15, -0.1) is 0 Å². The summed E-state index contributed by atoms with van der Waals surface area (Å²) >= 11 is 6.08. The van der Waals surface area contributed by atoms with Gasteiger partial charge in [0.25, 0.3) is 0 Å². The number of hydrogen-bond acceptors (Lipinski definition) is 2. The van der Waals surface area contributed by atoms with Gasteiger partial charge in [0.05, 0.1) is 16.9 Å². The normalized spacial score (nSPS) is 13.0. The highest BCUT2D eigenvalue weighted by Crippen LogP contribution is 2.30. The van der Waals surface area contributed by atoms with Gasteiger partial charge in [0.2, 0.25) is 0 Å². The number of aliphatic hydroxyl groups excluding tert-OH is 1. The summed E-state index contributed by atoms with van der Waals surface area (Å²) in [6, 6.07) is 4.53. The molecule has 1 atom stereocenters. The van der Waals surface area contributed by atoms with E-state index in [4.69, 9.17) is 11.6 Å². The molecule has 2 aromatic rings. The van der Waals surface area contributed by atoms with Crippen LogP contribution in [0.15, 0.2) is 24.4 Å². The molecule has 5 heteroatoms. The van der Waals surface area contributed by atoms with Gasteiger partial charge in [-0.2, -0.15) is 5.10 Å². The van der Waals surface area contributed by atoms with Gasteiger partial charge >= 0.3 is 0 Å². The van der Waals surface area contributed by atoms with E-state index in [0.29, 0.717) is 16.3 Å². The lowest BCUT2D eigenvalue weighted by Gasteiger charge is -2.17. The van der Waals surface area contributed by atoms with Gasteiger partial charge in [0.1, 0.15) is 11.9 Å². The molecule has 0 radical (unpaired) electrons. The van der Waals surface area contributed by atoms with Crippen molar-refractivity contribution in [3.8, 4) is 0 Å². The van der Waals surface area contributed by atoms with Crippen LogP contribution in [0.4, 0.5) is 4.39 Å². The first-order valence-electron chi connectivity index (χ1n) is 6.08. The first-order chi connectivity index (χ1) is 8.90. The number of rotatable bonds is 3. The van der Waals surface area contributed by atoms with Gasteiger partial charge in [-0.1, -0.05) is 17.7 Å². The number of halogens is 2. The van der Waals surface area contributed by atoms with Gasteiger partial charge in [0, 0.05) is 6.04 Å². The topological polar surface area (TPSA) is 38.1 Å². The molecule has 1 heterocycles. The van der Waals surface area contributed by atoms with E-state index in [2.05, 4.69) is 5.10 Å². The maximum atomic E-state index is 13.4. The average Bonchev–Trinajstić information content (AvgIpc) is 2.69. The molecule has 1 aromatic carbocycles. The summed E-state index contributed by atoms with van der Waals surface area (Å²) < 4.78 is 15.1. The Kier molecular flexibility index (Phi) is 3.92. The van der Waals surface area contributed by atoms with Crippen molar-refractivity contribution in [3.63, 3.8) is 0 Å². The molecular weight excluding hydrogens is 267 g/mol. The zero-order valence-electron chi connectivity index (χ0n) is 11.1. The molecule has 0 spiro atoms. The van der Waals surface area contributed by atoms with E-state index in [1.54, 1.807) is 17.7 Å². The van der Waals surface area contributed by atoms with Crippen molar-refractivity contribution < 1.29 is 9.50 Å². The fraction of sp³-hybridized carbons (Fsp3) is 0.357. The van der Waals surface area contributed by atoms with Gasteiger partial charge in [-0.3, -0.25) is 4.68 Å². The summed E-state index contributed by atoms with van der Waals surface area (Å²) in [5.74, 6) is -0.374. The summed E-state index contributed by atoms with van der Waals surface area (Å²) in [5.41, 5.74) is 1.71. The van der Waals surface area contributed by atoms with E-state index in [0.717, 1.165) is 5.56 Å². The zero-order chi connectivity index (χ0) is 14.2. The van der Waals surface area contributed by atoms with E-state index >= 15 is 0 Å². The van der Waals surface area contributed by atoms with E-state index in [9.17, 15) is 9.50 Å². The molecule has 1 unspecified atom stereocenters. The minimum atomic E-state index is -0.994. The zero-order valence-corrected chi connectivity index (χ0v) is 11.8. The molecule has 0 bridgehead atoms. The van der Waals surface area contributed by atoms with Gasteiger partial charge in [0.15, 0.2) is 0 Å². The third kappa shape index (κ3) is 2.80. The highest BCUT2D eigenvalue weighted by Gasteiger charge is 2.21. The molecule has 1 aromatic heterocycles. The standard InChI is InChI=1S/C14H16ClFN2O/c1-8(2)18-13(12(15)7-17-18)14(19)10-4-9(3)5-11(16)6-10/h4-8,14,19H,1-3H3. The number of benzene rings is 1. The Morgan fingerprint density at radius 3 is 2.58 bits per heavy atom. The molecule has 3 nitrogen and oxygen atoms in total. The van der Waals surface area contributed by atoms with Crippen LogP contribution in [0.2, 0.25) is 5.02 Å². The van der Waals surface area contributed by atoms with E-state index in [-0.39, 0.29) is 11.9 Å². The van der Waals surface area contributed by atoms with E-state index in [1.165, 1.54) is 18.3 Å². The quantitative estimate of drug-likeness (QED) is 0.933. The fourth-order valence-electron chi connectivity index (χ4n) is 2.10. The van der Waals surface area contributed by atoms with Crippen LogP contribution in [0.3, 0.4) is 0 Å². The van der Waals surface area contributed by atoms with Crippen molar-refractivity contribution in [3.05, 3.63) is 52.1 Å². The van der Waals surface area contributed by atoms with Crippen LogP contribution < -0.4 is 0 Å². The maximum absolute atomic E-state index is 13.4. The Hall–Kier alpha value is -1.39. The van der Waals surface area contributed by atoms with Crippen molar-refractivity contribution in [2.75, 3.05) is 0 Å². The van der Waals surface area contributed by atoms with Crippen molar-refractivity contribution >= 4 is 11.6 Å². The molecule has 0 aliphatic rings. The van der Waals surface area contributed by atoms with Gasteiger partial charge in [-0.05, 0) is 44.0 Å². The molecule has 0 amide bonds. The lowest BCUT2D eigenvalue weighted by atomic mass is 10.0. The summed E-state index contributed by atoms with van der Waals surface area (Å²) in [6.45, 7) is 5.66. The Bertz CT molecular complexity index is 575. The van der Waals surface area contributed by atoms with Crippen molar-refractivity contribution in [1.82, 2.24) is 9.78 Å². The molecular formula is C14H16ClFN2O. The largest absolute Gasteiger partial charge is 0.382 e. The third-order valence-electron chi connectivity index (χ3n) is 2.92. The summed E-state index contributed by atoms with van der Waals surface area (Å²) in [6.07, 6.45) is 0.499. The predicted octanol–water partition coefficient (Wildman–Crippen LogP) is 3.65. The second kappa shape index (κ2) is 5.31. The van der Waals surface area contributed by atoms with Crippen molar-refractivity contribution in [2.45, 2.75) is 32.9 Å². The molecule has 0 aliphatic heterocycles. The molecule has 0 saturated carbocycles. The second-order valence-electron chi connectivity index (χ2n) is 4.88. The summed E-state index contributed by atoms with van der Waals surface area (Å²) in [7, 11) is 0. The Labute approximate surface area is 116 Å². The molecule has 19 heavy (non-hydrogen) atoms. The van der Waals surface area contributed by atoms with Gasteiger partial charge < -0.3 is 5.11 Å². The van der Waals surface area contributed by atoms with Crippen LogP contribution in [0.1, 0.15) is 42.8 Å². The van der Waals surface area contributed by atoms with Crippen LogP contribution in [-0.2, 0) is 0 Å². The smallest absolute Gasteiger partial charge is 0.123 e. The van der Waals surface area contributed by atoms with Crippen molar-refractivity contribution in [1.29, 1.82) is 0 Å². The van der Waals surface area contributed by atoms with E-state index < -0.39 is 6.10 Å². The third-order valence-corrected chi connectivity index (χ3v) is 3.21. The van der Waals surface area contributed by atoms with Gasteiger partial charge in [-0.25, -0.2) is 4.39 Å². The average molecular weight is 283 g/mol. The van der Waals surface area contributed by atoms with E-state index in [1.807, 2.05) is 13.8 Å². The molecule has 0 aliphatic carbocycles. The molecule has 102 valence electrons. The van der Waals surface area contributed by atoms with Crippen LogP contribution >= 0.6 is 11.6 Å². The first kappa shape index (κ1) is 14.0. The number of nitrogens with zero attached hydrogens (tertiary/aromatic N) is 2. The Balaban J connectivity index is 2.49. The molecule has 0 fully saturated rings. The van der Waals surface area contributed by atoms with Crippen molar-refractivity contribution in [2.24, 2.45) is 0 Å². The Morgan fingerprint density at radius 2 is 2.00 bits per heavy atom. The number of hydrogen-bond donors (Lipinski definition) is 1. The highest BCUT2D eigenvalue weighted by molar-refractivity contribution is 6.31. The lowest BCUT2D eigenvalue weighted by Crippen LogP contribution is -2.12. The Morgan fingerprint density at radius 1 is 1.32 bits per heavy atom. The van der Waals surface area contributed by atoms with Crippen LogP contribution in [-0.4, -0.2) is 14.9 Å².